The van der Waals surface area contributed by atoms with Gasteiger partial charge in [-0.1, -0.05) is 45.0 Å². The summed E-state index contributed by atoms with van der Waals surface area (Å²) in [6, 6.07) is 4.49. The smallest absolute Gasteiger partial charge is 0.384 e. The predicted molar refractivity (Wildman–Crippen MR) is 87.9 cm³/mol. The maximum Gasteiger partial charge on any atom is 0.384 e. The van der Waals surface area contributed by atoms with E-state index in [-0.39, 0.29) is 0 Å². The molecule has 12 heteroatoms. The molecule has 1 aromatic rings. The highest BCUT2D eigenvalue weighted by atomic mass is 19.4. The van der Waals surface area contributed by atoms with Crippen LogP contribution in [-0.2, 0) is 11.0 Å². The zero-order valence-electron chi connectivity index (χ0n) is 16.6. The Labute approximate surface area is 170 Å². The molecule has 0 spiro atoms. The average Bonchev–Trinajstić information content (AvgIpc) is 2.58. The first kappa shape index (κ1) is 25.7. The third-order valence-electron chi connectivity index (χ3n) is 5.53. The van der Waals surface area contributed by atoms with Crippen LogP contribution in [0.1, 0.15) is 45.2 Å². The van der Waals surface area contributed by atoms with Crippen LogP contribution in [0.4, 0.5) is 48.3 Å². The predicted octanol–water partition coefficient (Wildman–Crippen LogP) is 6.48. The molecule has 1 aromatic carbocycles. The van der Waals surface area contributed by atoms with Crippen LogP contribution in [-0.4, -0.2) is 40.4 Å². The molecule has 0 aromatic heterocycles. The van der Waals surface area contributed by atoms with E-state index >= 15 is 0 Å². The minimum Gasteiger partial charge on any atom is -0.385 e. The van der Waals surface area contributed by atoms with Crippen molar-refractivity contribution in [3.8, 4) is 0 Å². The number of hydrogen-bond acceptors (Lipinski definition) is 1. The number of alkyl halides is 11. The second-order valence-electron chi connectivity index (χ2n) is 8.95. The molecule has 1 aliphatic rings. The van der Waals surface area contributed by atoms with Gasteiger partial charge in [0.2, 0.25) is 0 Å². The van der Waals surface area contributed by atoms with E-state index in [0.29, 0.717) is 12.5 Å². The van der Waals surface area contributed by atoms with Crippen molar-refractivity contribution in [2.45, 2.75) is 80.4 Å². The summed E-state index contributed by atoms with van der Waals surface area (Å²) < 4.78 is 152. The Bertz CT molecular complexity index is 805. The molecule has 1 fully saturated rings. The molecule has 0 heterocycles. The molecule has 1 N–H and O–H groups in total. The van der Waals surface area contributed by atoms with Crippen LogP contribution in [0.5, 0.6) is 0 Å². The number of benzene rings is 1. The zero-order chi connectivity index (χ0) is 24.7. The Kier molecular flexibility index (Phi) is 5.36. The molecule has 0 bridgehead atoms. The van der Waals surface area contributed by atoms with Gasteiger partial charge in [0.05, 0.1) is 5.60 Å². The van der Waals surface area contributed by atoms with Gasteiger partial charge in [-0.3, -0.25) is 0 Å². The van der Waals surface area contributed by atoms with Crippen molar-refractivity contribution in [3.63, 3.8) is 0 Å². The number of rotatable bonds is 3. The van der Waals surface area contributed by atoms with Crippen molar-refractivity contribution < 1.29 is 53.4 Å². The summed E-state index contributed by atoms with van der Waals surface area (Å²) in [6.45, 7) is 5.66. The van der Waals surface area contributed by atoms with Gasteiger partial charge >= 0.3 is 29.6 Å². The van der Waals surface area contributed by atoms with Gasteiger partial charge in [0.15, 0.2) is 0 Å². The highest BCUT2D eigenvalue weighted by molar-refractivity contribution is 5.33. The maximum atomic E-state index is 15.0. The number of hydrogen-bond donors (Lipinski definition) is 1. The Morgan fingerprint density at radius 1 is 0.581 bits per heavy atom. The van der Waals surface area contributed by atoms with E-state index in [1.165, 1.54) is 12.1 Å². The van der Waals surface area contributed by atoms with Gasteiger partial charge in [0.25, 0.3) is 5.67 Å². The van der Waals surface area contributed by atoms with Crippen LogP contribution in [0.2, 0.25) is 0 Å². The van der Waals surface area contributed by atoms with Crippen molar-refractivity contribution in [2.75, 3.05) is 0 Å². The molecule has 1 unspecified atom stereocenters. The lowest BCUT2D eigenvalue weighted by Crippen LogP contribution is -2.84. The molecular weight excluding hydrogens is 453 g/mol. The molecule has 1 atom stereocenters. The maximum absolute atomic E-state index is 15.0. The minimum absolute atomic E-state index is 0.440. The van der Waals surface area contributed by atoms with Crippen LogP contribution in [0.25, 0.3) is 0 Å². The Morgan fingerprint density at radius 2 is 0.871 bits per heavy atom. The summed E-state index contributed by atoms with van der Waals surface area (Å²) in [6.07, 6.45) is -2.73. The summed E-state index contributed by atoms with van der Waals surface area (Å²) in [5.74, 6) is -35.6. The second kappa shape index (κ2) is 6.48. The second-order valence-corrected chi connectivity index (χ2v) is 8.95. The lowest BCUT2D eigenvalue weighted by molar-refractivity contribution is -0.488. The normalized spacial score (nSPS) is 27.4. The van der Waals surface area contributed by atoms with Crippen molar-refractivity contribution in [1.29, 1.82) is 0 Å². The van der Waals surface area contributed by atoms with Crippen molar-refractivity contribution >= 4 is 0 Å². The average molecular weight is 472 g/mol. The molecule has 2 rings (SSSR count). The fraction of sp³-hybridized carbons (Fsp3) is 0.684. The first-order valence-corrected chi connectivity index (χ1v) is 8.83. The van der Waals surface area contributed by atoms with E-state index in [1.54, 1.807) is 20.8 Å². The summed E-state index contributed by atoms with van der Waals surface area (Å²) >= 11 is 0. The molecule has 0 radical (unpaired) electrons. The molecule has 1 saturated carbocycles. The van der Waals surface area contributed by atoms with E-state index in [1.807, 2.05) is 0 Å². The van der Waals surface area contributed by atoms with Crippen molar-refractivity contribution in [1.82, 2.24) is 0 Å². The lowest BCUT2D eigenvalue weighted by atomic mass is 9.67. The molecular formula is C19H19F11O. The summed E-state index contributed by atoms with van der Waals surface area (Å²) in [4.78, 5) is 0. The minimum atomic E-state index is -7.27. The van der Waals surface area contributed by atoms with Crippen LogP contribution < -0.4 is 0 Å². The highest BCUT2D eigenvalue weighted by Crippen LogP contribution is 2.71. The third-order valence-corrected chi connectivity index (χ3v) is 5.53. The van der Waals surface area contributed by atoms with Gasteiger partial charge < -0.3 is 5.11 Å². The van der Waals surface area contributed by atoms with Gasteiger partial charge in [-0.15, -0.1) is 0 Å². The highest BCUT2D eigenvalue weighted by Gasteiger charge is 3.01. The topological polar surface area (TPSA) is 20.2 Å². The molecule has 1 nitrogen and oxygen atoms in total. The van der Waals surface area contributed by atoms with Crippen LogP contribution in [0.15, 0.2) is 24.3 Å². The van der Waals surface area contributed by atoms with E-state index < -0.39 is 58.3 Å². The Morgan fingerprint density at radius 3 is 1.19 bits per heavy atom. The van der Waals surface area contributed by atoms with Crippen LogP contribution in [0, 0.1) is 0 Å². The van der Waals surface area contributed by atoms with Crippen molar-refractivity contribution in [2.24, 2.45) is 0 Å². The molecule has 0 saturated heterocycles. The lowest BCUT2D eigenvalue weighted by Gasteiger charge is -2.53. The van der Waals surface area contributed by atoms with E-state index in [9.17, 15) is 53.4 Å². The summed E-state index contributed by atoms with van der Waals surface area (Å²) in [5, 5.41) is 10.3. The molecule has 0 amide bonds. The van der Waals surface area contributed by atoms with Gasteiger partial charge in [-0.25, -0.2) is 4.39 Å². The zero-order valence-corrected chi connectivity index (χ0v) is 16.6. The van der Waals surface area contributed by atoms with Crippen molar-refractivity contribution in [3.05, 3.63) is 35.4 Å². The van der Waals surface area contributed by atoms with Gasteiger partial charge in [0.1, 0.15) is 0 Å². The first-order valence-electron chi connectivity index (χ1n) is 8.83. The van der Waals surface area contributed by atoms with Gasteiger partial charge in [-0.2, -0.15) is 43.9 Å². The summed E-state index contributed by atoms with van der Waals surface area (Å²) in [7, 11) is 0. The first-order chi connectivity index (χ1) is 13.4. The fourth-order valence-corrected chi connectivity index (χ4v) is 3.41. The Hall–Kier alpha value is -1.59. The fourth-order valence-electron chi connectivity index (χ4n) is 3.41. The van der Waals surface area contributed by atoms with E-state index in [2.05, 4.69) is 0 Å². The monoisotopic (exact) mass is 472 g/mol. The number of halogens is 11. The standard InChI is InChI=1S/C19H19F11O/c1-12(2,3)10-5-7-11(8-6-10)13(4,31)9-14(20)15(21,22)17(25,26)19(29,30)18(27,28)16(14,23)24/h5-8,31H,9H2,1-4H3. The Balaban J connectivity index is 2.64. The SMILES string of the molecule is CC(C)(C)c1ccc(C(C)(O)CC2(F)C(F)(F)C(F)(F)C(F)(F)C(F)(F)C2(F)F)cc1. The number of aliphatic hydroxyl groups is 1. The molecule has 0 aliphatic heterocycles. The molecule has 1 aliphatic carbocycles. The third kappa shape index (κ3) is 3.06. The van der Waals surface area contributed by atoms with E-state index in [0.717, 1.165) is 12.1 Å². The summed E-state index contributed by atoms with van der Waals surface area (Å²) in [5.41, 5.74) is -9.84. The van der Waals surface area contributed by atoms with E-state index in [4.69, 9.17) is 0 Å². The van der Waals surface area contributed by atoms with Crippen LogP contribution >= 0.6 is 0 Å². The van der Waals surface area contributed by atoms with Crippen LogP contribution in [0.3, 0.4) is 0 Å². The molecule has 31 heavy (non-hydrogen) atoms. The largest absolute Gasteiger partial charge is 0.385 e. The van der Waals surface area contributed by atoms with Gasteiger partial charge in [-0.05, 0) is 23.5 Å². The van der Waals surface area contributed by atoms with Gasteiger partial charge in [0, 0.05) is 6.42 Å². The quantitative estimate of drug-likeness (QED) is 0.500. The molecule has 178 valence electrons.